The van der Waals surface area contributed by atoms with E-state index in [9.17, 15) is 4.79 Å². The van der Waals surface area contributed by atoms with Crippen LogP contribution in [0.25, 0.3) is 10.2 Å². The molecule has 4 aromatic rings. The fourth-order valence-corrected chi connectivity index (χ4v) is 4.94. The van der Waals surface area contributed by atoms with Gasteiger partial charge in [0, 0.05) is 31.0 Å². The number of carbonyl (C=O) groups is 1. The molecule has 0 bridgehead atoms. The molecule has 1 amide bonds. The first kappa shape index (κ1) is 23.0. The molecule has 0 unspecified atom stereocenters. The number of rotatable bonds is 10. The summed E-state index contributed by atoms with van der Waals surface area (Å²) in [6, 6.07) is 11.7. The minimum Gasteiger partial charge on any atom is -0.494 e. The van der Waals surface area contributed by atoms with Crippen LogP contribution in [0.15, 0.2) is 55.1 Å². The highest BCUT2D eigenvalue weighted by molar-refractivity contribution is 7.22. The lowest BCUT2D eigenvalue weighted by Gasteiger charge is -2.20. The number of carbonyl (C=O) groups excluding carboxylic acids is 1. The zero-order valence-corrected chi connectivity index (χ0v) is 20.3. The van der Waals surface area contributed by atoms with Crippen molar-refractivity contribution in [1.29, 1.82) is 0 Å². The average Bonchev–Trinajstić information content (AvgIpc) is 3.47. The van der Waals surface area contributed by atoms with Gasteiger partial charge in [-0.1, -0.05) is 30.7 Å². The molecule has 2 aromatic carbocycles. The van der Waals surface area contributed by atoms with Crippen molar-refractivity contribution < 1.29 is 9.53 Å². The highest BCUT2D eigenvalue weighted by Gasteiger charge is 2.22. The van der Waals surface area contributed by atoms with E-state index in [0.717, 1.165) is 52.5 Å². The van der Waals surface area contributed by atoms with E-state index in [1.54, 1.807) is 23.9 Å². The van der Waals surface area contributed by atoms with Crippen molar-refractivity contribution in [3.8, 4) is 5.75 Å². The second kappa shape index (κ2) is 10.6. The lowest BCUT2D eigenvalue weighted by Crippen LogP contribution is -2.32. The van der Waals surface area contributed by atoms with Crippen LogP contribution in [-0.4, -0.2) is 33.6 Å². The summed E-state index contributed by atoms with van der Waals surface area (Å²) in [5.41, 5.74) is 3.93. The Morgan fingerprint density at radius 2 is 1.97 bits per heavy atom. The predicted molar refractivity (Wildman–Crippen MR) is 134 cm³/mol. The van der Waals surface area contributed by atoms with Crippen LogP contribution >= 0.6 is 11.3 Å². The summed E-state index contributed by atoms with van der Waals surface area (Å²) in [4.78, 5) is 24.3. The number of hydrogen-bond acceptors (Lipinski definition) is 5. The van der Waals surface area contributed by atoms with Crippen LogP contribution in [0.1, 0.15) is 47.7 Å². The molecule has 0 spiro atoms. The number of fused-ring (bicyclic) bond motifs is 1. The maximum absolute atomic E-state index is 13.6. The highest BCUT2D eigenvalue weighted by Crippen LogP contribution is 2.32. The minimum absolute atomic E-state index is 0.0471. The van der Waals surface area contributed by atoms with Crippen molar-refractivity contribution in [2.24, 2.45) is 0 Å². The molecule has 0 aliphatic rings. The number of amides is 1. The molecule has 0 aliphatic carbocycles. The van der Waals surface area contributed by atoms with E-state index >= 15 is 0 Å². The van der Waals surface area contributed by atoms with Gasteiger partial charge in [-0.05, 0) is 68.1 Å². The molecule has 0 saturated carbocycles. The molecule has 0 N–H and O–H groups in total. The number of unbranched alkanes of at least 4 members (excludes halogenated alkanes) is 1. The molecule has 6 nitrogen and oxygen atoms in total. The summed E-state index contributed by atoms with van der Waals surface area (Å²) in [5, 5.41) is 0.734. The molecule has 0 aliphatic heterocycles. The number of aryl methyl sites for hydroxylation is 3. The molecule has 0 fully saturated rings. The van der Waals surface area contributed by atoms with E-state index in [1.807, 2.05) is 39.9 Å². The summed E-state index contributed by atoms with van der Waals surface area (Å²) in [5.74, 6) is 0.743. The van der Waals surface area contributed by atoms with Gasteiger partial charge < -0.3 is 9.30 Å². The maximum Gasteiger partial charge on any atom is 0.260 e. The Kier molecular flexibility index (Phi) is 7.40. The first-order valence-electron chi connectivity index (χ1n) is 11.4. The molecule has 33 heavy (non-hydrogen) atoms. The predicted octanol–water partition coefficient (Wildman–Crippen LogP) is 6.03. The van der Waals surface area contributed by atoms with Crippen molar-refractivity contribution in [3.05, 3.63) is 71.8 Å². The summed E-state index contributed by atoms with van der Waals surface area (Å²) in [6.45, 7) is 8.35. The third kappa shape index (κ3) is 5.60. The third-order valence-corrected chi connectivity index (χ3v) is 6.55. The summed E-state index contributed by atoms with van der Waals surface area (Å²) in [6.07, 6.45) is 8.41. The first-order chi connectivity index (χ1) is 16.0. The Labute approximate surface area is 198 Å². The number of imidazole rings is 1. The number of ether oxygens (including phenoxy) is 1. The van der Waals surface area contributed by atoms with Crippen LogP contribution in [-0.2, 0) is 6.54 Å². The standard InChI is InChI=1S/C26H30N4O2S/c1-4-5-15-32-22-9-7-21(8-10-22)25(31)30(13-6-12-29-14-11-27-18-29)26-28-24-20(3)16-19(2)17-23(24)33-26/h7-11,14,16-18H,4-6,12-13,15H2,1-3H3. The van der Waals surface area contributed by atoms with Crippen LogP contribution in [0.4, 0.5) is 5.13 Å². The first-order valence-corrected chi connectivity index (χ1v) is 12.2. The normalized spacial score (nSPS) is 11.1. The largest absolute Gasteiger partial charge is 0.494 e. The summed E-state index contributed by atoms with van der Waals surface area (Å²) < 4.78 is 8.88. The van der Waals surface area contributed by atoms with Crippen LogP contribution in [0.5, 0.6) is 5.75 Å². The number of nitrogens with zero attached hydrogens (tertiary/aromatic N) is 4. The topological polar surface area (TPSA) is 60.2 Å². The fraction of sp³-hybridized carbons (Fsp3) is 0.346. The molecule has 4 rings (SSSR count). The minimum atomic E-state index is -0.0471. The smallest absolute Gasteiger partial charge is 0.260 e. The van der Waals surface area contributed by atoms with Crippen LogP contribution in [0.2, 0.25) is 0 Å². The quantitative estimate of drug-likeness (QED) is 0.270. The van der Waals surface area contributed by atoms with Crippen molar-refractivity contribution in [2.45, 2.75) is 46.6 Å². The molecule has 0 atom stereocenters. The summed E-state index contributed by atoms with van der Waals surface area (Å²) >= 11 is 1.57. The number of hydrogen-bond donors (Lipinski definition) is 0. The Bertz CT molecular complexity index is 1200. The van der Waals surface area contributed by atoms with Crippen molar-refractivity contribution in [1.82, 2.24) is 14.5 Å². The van der Waals surface area contributed by atoms with Gasteiger partial charge >= 0.3 is 0 Å². The van der Waals surface area contributed by atoms with E-state index in [1.165, 1.54) is 5.56 Å². The second-order valence-corrected chi connectivity index (χ2v) is 9.27. The zero-order valence-electron chi connectivity index (χ0n) is 19.5. The van der Waals surface area contributed by atoms with Gasteiger partial charge in [0.2, 0.25) is 0 Å². The van der Waals surface area contributed by atoms with Crippen molar-refractivity contribution >= 4 is 32.6 Å². The van der Waals surface area contributed by atoms with Crippen LogP contribution < -0.4 is 9.64 Å². The van der Waals surface area contributed by atoms with E-state index in [-0.39, 0.29) is 5.91 Å². The van der Waals surface area contributed by atoms with E-state index in [0.29, 0.717) is 18.7 Å². The van der Waals surface area contributed by atoms with Gasteiger partial charge in [0.1, 0.15) is 5.75 Å². The second-order valence-electron chi connectivity index (χ2n) is 8.26. The van der Waals surface area contributed by atoms with Gasteiger partial charge in [0.05, 0.1) is 23.2 Å². The molecule has 2 aromatic heterocycles. The summed E-state index contributed by atoms with van der Waals surface area (Å²) in [7, 11) is 0. The van der Waals surface area contributed by atoms with Gasteiger partial charge in [-0.25, -0.2) is 9.97 Å². The number of thiazole rings is 1. The van der Waals surface area contributed by atoms with E-state index in [2.05, 4.69) is 37.9 Å². The molecule has 7 heteroatoms. The maximum atomic E-state index is 13.6. The Balaban J connectivity index is 1.58. The lowest BCUT2D eigenvalue weighted by atomic mass is 10.1. The molecule has 0 radical (unpaired) electrons. The molecule has 172 valence electrons. The molecule has 2 heterocycles. The zero-order chi connectivity index (χ0) is 23.2. The molecular formula is C26H30N4O2S. The Morgan fingerprint density at radius 1 is 1.15 bits per heavy atom. The number of benzene rings is 2. The van der Waals surface area contributed by atoms with Gasteiger partial charge in [-0.2, -0.15) is 0 Å². The molecular weight excluding hydrogens is 432 g/mol. The SMILES string of the molecule is CCCCOc1ccc(C(=O)N(CCCn2ccnc2)c2nc3c(C)cc(C)cc3s2)cc1. The van der Waals surface area contributed by atoms with Crippen LogP contribution in [0.3, 0.4) is 0 Å². The van der Waals surface area contributed by atoms with Crippen molar-refractivity contribution in [2.75, 3.05) is 18.1 Å². The van der Waals surface area contributed by atoms with Gasteiger partial charge in [0.15, 0.2) is 5.13 Å². The van der Waals surface area contributed by atoms with Gasteiger partial charge in [0.25, 0.3) is 5.91 Å². The Morgan fingerprint density at radius 3 is 2.70 bits per heavy atom. The monoisotopic (exact) mass is 462 g/mol. The Hall–Kier alpha value is -3.19. The van der Waals surface area contributed by atoms with Crippen LogP contribution in [0, 0.1) is 13.8 Å². The van der Waals surface area contributed by atoms with Gasteiger partial charge in [-0.15, -0.1) is 0 Å². The van der Waals surface area contributed by atoms with Crippen molar-refractivity contribution in [3.63, 3.8) is 0 Å². The van der Waals surface area contributed by atoms with Gasteiger partial charge in [-0.3, -0.25) is 9.69 Å². The van der Waals surface area contributed by atoms with E-state index < -0.39 is 0 Å². The number of aromatic nitrogens is 3. The fourth-order valence-electron chi connectivity index (χ4n) is 3.77. The lowest BCUT2D eigenvalue weighted by molar-refractivity contribution is 0.0986. The average molecular weight is 463 g/mol. The van der Waals surface area contributed by atoms with E-state index in [4.69, 9.17) is 9.72 Å². The molecule has 0 saturated heterocycles. The third-order valence-electron chi connectivity index (χ3n) is 5.52. The number of anilines is 1. The highest BCUT2D eigenvalue weighted by atomic mass is 32.1.